The van der Waals surface area contributed by atoms with Gasteiger partial charge < -0.3 is 20.5 Å². The quantitative estimate of drug-likeness (QED) is 0.865. The maximum absolute atomic E-state index is 12.6. The second kappa shape index (κ2) is 6.91. The molecular formula is C16H24N2O3. The molecule has 116 valence electrons. The van der Waals surface area contributed by atoms with E-state index in [4.69, 9.17) is 15.2 Å². The van der Waals surface area contributed by atoms with Crippen molar-refractivity contribution in [3.8, 4) is 5.75 Å². The Balaban J connectivity index is 2.11. The highest BCUT2D eigenvalue weighted by molar-refractivity contribution is 5.83. The van der Waals surface area contributed by atoms with E-state index in [2.05, 4.69) is 5.32 Å². The van der Waals surface area contributed by atoms with E-state index < -0.39 is 5.41 Å². The highest BCUT2D eigenvalue weighted by Gasteiger charge is 2.39. The zero-order chi connectivity index (χ0) is 15.3. The van der Waals surface area contributed by atoms with Crippen molar-refractivity contribution in [2.45, 2.75) is 25.8 Å². The molecule has 2 rings (SSSR count). The summed E-state index contributed by atoms with van der Waals surface area (Å²) in [5.74, 6) is 0.783. The van der Waals surface area contributed by atoms with Crippen molar-refractivity contribution in [3.05, 3.63) is 29.8 Å². The van der Waals surface area contributed by atoms with Crippen molar-refractivity contribution >= 4 is 5.91 Å². The lowest BCUT2D eigenvalue weighted by molar-refractivity contribution is -0.136. The van der Waals surface area contributed by atoms with Gasteiger partial charge in [-0.25, -0.2) is 0 Å². The van der Waals surface area contributed by atoms with Crippen LogP contribution in [0.3, 0.4) is 0 Å². The number of nitrogens with two attached hydrogens (primary N) is 1. The molecule has 5 heteroatoms. The SMILES string of the molecule is COc1ccccc1[C@@H](C)NC(=O)C1(CN)CCOCC1. The third-order valence-corrected chi connectivity index (χ3v) is 4.28. The largest absolute Gasteiger partial charge is 0.496 e. The summed E-state index contributed by atoms with van der Waals surface area (Å²) < 4.78 is 10.7. The molecule has 0 saturated carbocycles. The Morgan fingerprint density at radius 3 is 2.71 bits per heavy atom. The van der Waals surface area contributed by atoms with Crippen molar-refractivity contribution in [3.63, 3.8) is 0 Å². The highest BCUT2D eigenvalue weighted by atomic mass is 16.5. The number of ether oxygens (including phenoxy) is 2. The summed E-state index contributed by atoms with van der Waals surface area (Å²) in [5.41, 5.74) is 6.33. The minimum atomic E-state index is -0.505. The predicted molar refractivity (Wildman–Crippen MR) is 81.1 cm³/mol. The van der Waals surface area contributed by atoms with Gasteiger partial charge in [-0.2, -0.15) is 0 Å². The third kappa shape index (κ3) is 3.36. The summed E-state index contributed by atoms with van der Waals surface area (Å²) in [4.78, 5) is 12.6. The maximum Gasteiger partial charge on any atom is 0.228 e. The van der Waals surface area contributed by atoms with Crippen molar-refractivity contribution in [2.24, 2.45) is 11.1 Å². The first-order valence-electron chi connectivity index (χ1n) is 7.34. The molecule has 1 amide bonds. The predicted octanol–water partition coefficient (Wildman–Crippen LogP) is 1.63. The van der Waals surface area contributed by atoms with Gasteiger partial charge in [0.15, 0.2) is 0 Å². The molecular weight excluding hydrogens is 268 g/mol. The number of amides is 1. The second-order valence-corrected chi connectivity index (χ2v) is 5.53. The van der Waals surface area contributed by atoms with E-state index in [0.717, 1.165) is 11.3 Å². The molecule has 1 aromatic carbocycles. The summed E-state index contributed by atoms with van der Waals surface area (Å²) in [6.45, 7) is 3.49. The normalized spacial score (nSPS) is 18.8. The van der Waals surface area contributed by atoms with E-state index in [1.807, 2.05) is 31.2 Å². The molecule has 3 N–H and O–H groups in total. The van der Waals surface area contributed by atoms with Crippen LogP contribution in [0.4, 0.5) is 0 Å². The Morgan fingerprint density at radius 1 is 1.43 bits per heavy atom. The first-order valence-corrected chi connectivity index (χ1v) is 7.34. The van der Waals surface area contributed by atoms with Crippen LogP contribution in [0.5, 0.6) is 5.75 Å². The molecule has 1 fully saturated rings. The second-order valence-electron chi connectivity index (χ2n) is 5.53. The lowest BCUT2D eigenvalue weighted by Crippen LogP contribution is -2.49. The van der Waals surface area contributed by atoms with Gasteiger partial charge in [-0.05, 0) is 25.8 Å². The summed E-state index contributed by atoms with van der Waals surface area (Å²) >= 11 is 0. The summed E-state index contributed by atoms with van der Waals surface area (Å²) in [6, 6.07) is 7.58. The third-order valence-electron chi connectivity index (χ3n) is 4.28. The van der Waals surface area contributed by atoms with E-state index in [9.17, 15) is 4.79 Å². The molecule has 5 nitrogen and oxygen atoms in total. The number of rotatable bonds is 5. The number of para-hydroxylation sites is 1. The molecule has 1 saturated heterocycles. The Kier molecular flexibility index (Phi) is 5.20. The molecule has 21 heavy (non-hydrogen) atoms. The summed E-state index contributed by atoms with van der Waals surface area (Å²) in [7, 11) is 1.63. The summed E-state index contributed by atoms with van der Waals surface area (Å²) in [6.07, 6.45) is 1.35. The molecule has 1 heterocycles. The van der Waals surface area contributed by atoms with Gasteiger partial charge in [-0.1, -0.05) is 18.2 Å². The fourth-order valence-electron chi connectivity index (χ4n) is 2.74. The van der Waals surface area contributed by atoms with Crippen LogP contribution >= 0.6 is 0 Å². The van der Waals surface area contributed by atoms with Crippen LogP contribution in [0.15, 0.2) is 24.3 Å². The van der Waals surface area contributed by atoms with Crippen molar-refractivity contribution < 1.29 is 14.3 Å². The Bertz CT molecular complexity index is 484. The van der Waals surface area contributed by atoms with Crippen molar-refractivity contribution in [2.75, 3.05) is 26.9 Å². The molecule has 0 bridgehead atoms. The van der Waals surface area contributed by atoms with Gasteiger partial charge in [0, 0.05) is 25.3 Å². The number of benzene rings is 1. The first-order chi connectivity index (χ1) is 10.1. The Labute approximate surface area is 125 Å². The maximum atomic E-state index is 12.6. The van der Waals surface area contributed by atoms with Crippen LogP contribution in [0, 0.1) is 5.41 Å². The van der Waals surface area contributed by atoms with Gasteiger partial charge >= 0.3 is 0 Å². The van der Waals surface area contributed by atoms with E-state index in [1.165, 1.54) is 0 Å². The monoisotopic (exact) mass is 292 g/mol. The van der Waals surface area contributed by atoms with Crippen LogP contribution in [0.2, 0.25) is 0 Å². The van der Waals surface area contributed by atoms with E-state index in [-0.39, 0.29) is 11.9 Å². The number of hydrogen-bond acceptors (Lipinski definition) is 4. The zero-order valence-corrected chi connectivity index (χ0v) is 12.7. The smallest absolute Gasteiger partial charge is 0.228 e. The van der Waals surface area contributed by atoms with Crippen LogP contribution in [-0.4, -0.2) is 32.8 Å². The van der Waals surface area contributed by atoms with Gasteiger partial charge in [-0.15, -0.1) is 0 Å². The molecule has 1 aliphatic heterocycles. The minimum absolute atomic E-state index is 0.00621. The van der Waals surface area contributed by atoms with Gasteiger partial charge in [0.2, 0.25) is 5.91 Å². The molecule has 1 atom stereocenters. The molecule has 0 unspecified atom stereocenters. The van der Waals surface area contributed by atoms with Crippen LogP contribution in [-0.2, 0) is 9.53 Å². The molecule has 1 aromatic rings. The summed E-state index contributed by atoms with van der Waals surface area (Å²) in [5, 5.41) is 3.08. The number of hydrogen-bond donors (Lipinski definition) is 2. The first kappa shape index (κ1) is 15.8. The zero-order valence-electron chi connectivity index (χ0n) is 12.7. The highest BCUT2D eigenvalue weighted by Crippen LogP contribution is 2.31. The number of carbonyl (C=O) groups excluding carboxylic acids is 1. The molecule has 1 aliphatic rings. The fraction of sp³-hybridized carbons (Fsp3) is 0.562. The fourth-order valence-corrected chi connectivity index (χ4v) is 2.74. The number of nitrogens with one attached hydrogen (secondary N) is 1. The van der Waals surface area contributed by atoms with Crippen LogP contribution in [0.25, 0.3) is 0 Å². The van der Waals surface area contributed by atoms with Crippen LogP contribution in [0.1, 0.15) is 31.4 Å². The Morgan fingerprint density at radius 2 is 2.10 bits per heavy atom. The topological polar surface area (TPSA) is 73.6 Å². The minimum Gasteiger partial charge on any atom is -0.496 e. The van der Waals surface area contributed by atoms with Crippen molar-refractivity contribution in [1.29, 1.82) is 0 Å². The van der Waals surface area contributed by atoms with E-state index in [0.29, 0.717) is 32.6 Å². The average Bonchev–Trinajstić information content (AvgIpc) is 2.55. The molecule has 0 radical (unpaired) electrons. The van der Waals surface area contributed by atoms with Gasteiger partial charge in [-0.3, -0.25) is 4.79 Å². The lowest BCUT2D eigenvalue weighted by Gasteiger charge is -2.35. The standard InChI is InChI=1S/C16H24N2O3/c1-12(13-5-3-4-6-14(13)20-2)18-15(19)16(11-17)7-9-21-10-8-16/h3-6,12H,7-11,17H2,1-2H3,(H,18,19)/t12-/m1/s1. The van der Waals surface area contributed by atoms with Crippen molar-refractivity contribution in [1.82, 2.24) is 5.32 Å². The van der Waals surface area contributed by atoms with Crippen LogP contribution < -0.4 is 15.8 Å². The number of carbonyl (C=O) groups is 1. The van der Waals surface area contributed by atoms with E-state index in [1.54, 1.807) is 7.11 Å². The Hall–Kier alpha value is -1.59. The number of methoxy groups -OCH3 is 1. The average molecular weight is 292 g/mol. The molecule has 0 aromatic heterocycles. The van der Waals surface area contributed by atoms with Gasteiger partial charge in [0.25, 0.3) is 0 Å². The molecule has 0 spiro atoms. The van der Waals surface area contributed by atoms with Gasteiger partial charge in [0.1, 0.15) is 5.75 Å². The van der Waals surface area contributed by atoms with E-state index >= 15 is 0 Å². The molecule has 0 aliphatic carbocycles. The van der Waals surface area contributed by atoms with Gasteiger partial charge in [0.05, 0.1) is 18.6 Å². The lowest BCUT2D eigenvalue weighted by atomic mass is 9.79.